The van der Waals surface area contributed by atoms with E-state index in [2.05, 4.69) is 0 Å². The Kier molecular flexibility index (Phi) is 3.86. The molecule has 3 fully saturated rings. The third kappa shape index (κ3) is 2.49. The monoisotopic (exact) mass is 375 g/mol. The van der Waals surface area contributed by atoms with Crippen LogP contribution >= 0.6 is 0 Å². The van der Waals surface area contributed by atoms with Gasteiger partial charge in [0.05, 0.1) is 23.1 Å². The molecule has 1 aliphatic heterocycles. The zero-order valence-corrected chi connectivity index (χ0v) is 15.6. The number of fused-ring (bicyclic) bond motifs is 5. The number of anilines is 1. The summed E-state index contributed by atoms with van der Waals surface area (Å²) < 4.78 is 5.44. The second-order valence-electron chi connectivity index (χ2n) is 8.10. The average molecular weight is 375 g/mol. The Morgan fingerprint density at radius 3 is 2.14 bits per heavy atom. The van der Waals surface area contributed by atoms with Gasteiger partial charge in [0.15, 0.2) is 0 Å². The quantitative estimate of drug-likeness (QED) is 0.466. The number of ether oxygens (including phenoxy) is 1. The van der Waals surface area contributed by atoms with Crippen LogP contribution in [-0.2, 0) is 9.59 Å². The highest BCUT2D eigenvalue weighted by Gasteiger charge is 2.61. The zero-order valence-electron chi connectivity index (χ0n) is 15.6. The summed E-state index contributed by atoms with van der Waals surface area (Å²) in [6.07, 6.45) is 3.15. The molecular formula is C23H21NO4. The van der Waals surface area contributed by atoms with Crippen molar-refractivity contribution in [1.82, 2.24) is 0 Å². The van der Waals surface area contributed by atoms with Crippen molar-refractivity contribution in [3.8, 4) is 5.75 Å². The van der Waals surface area contributed by atoms with Gasteiger partial charge < -0.3 is 4.74 Å². The Morgan fingerprint density at radius 1 is 0.929 bits per heavy atom. The number of rotatable bonds is 3. The molecule has 1 heterocycles. The molecule has 142 valence electrons. The lowest BCUT2D eigenvalue weighted by Crippen LogP contribution is -2.32. The number of carbonyl (C=O) groups is 3. The molecule has 2 aromatic carbocycles. The molecule has 5 rings (SSSR count). The molecule has 0 N–H and O–H groups in total. The molecule has 5 heteroatoms. The number of benzene rings is 2. The van der Waals surface area contributed by atoms with E-state index in [1.54, 1.807) is 36.4 Å². The molecular weight excluding hydrogens is 354 g/mol. The van der Waals surface area contributed by atoms with Gasteiger partial charge in [-0.15, -0.1) is 0 Å². The van der Waals surface area contributed by atoms with E-state index in [0.29, 0.717) is 28.8 Å². The first kappa shape index (κ1) is 17.2. The number of hydrogen-bond acceptors (Lipinski definition) is 4. The van der Waals surface area contributed by atoms with Crippen LogP contribution in [0.2, 0.25) is 0 Å². The van der Waals surface area contributed by atoms with Crippen LogP contribution in [-0.4, -0.2) is 17.8 Å². The highest BCUT2D eigenvalue weighted by atomic mass is 16.5. The molecule has 2 amide bonds. The van der Waals surface area contributed by atoms with E-state index < -0.39 is 5.97 Å². The molecule has 0 radical (unpaired) electrons. The largest absolute Gasteiger partial charge is 0.423 e. The molecule has 2 bridgehead atoms. The van der Waals surface area contributed by atoms with Gasteiger partial charge in [-0.25, -0.2) is 4.79 Å². The van der Waals surface area contributed by atoms with E-state index in [-0.39, 0.29) is 23.7 Å². The molecule has 2 aromatic rings. The number of carbonyl (C=O) groups excluding carboxylic acids is 3. The standard InChI is InChI=1S/C23H21NO4/c1-13-4-2-3-5-18(13)23(27)28-17-10-8-16(9-11-17)24-21(25)19-14-6-7-15(12-14)20(19)22(24)26/h2-5,8-11,14-15,19-20H,6-7,12H2,1H3/t14-,15-,19+,20+/m0/s1. The summed E-state index contributed by atoms with van der Waals surface area (Å²) in [6.45, 7) is 1.86. The fourth-order valence-corrected chi connectivity index (χ4v) is 5.29. The minimum absolute atomic E-state index is 0.0631. The van der Waals surface area contributed by atoms with Crippen molar-refractivity contribution in [1.29, 1.82) is 0 Å². The average Bonchev–Trinajstić information content (AvgIpc) is 3.37. The lowest BCUT2D eigenvalue weighted by molar-refractivity contribution is -0.123. The molecule has 1 saturated heterocycles. The first-order chi connectivity index (χ1) is 13.5. The highest BCUT2D eigenvalue weighted by Crippen LogP contribution is 2.56. The first-order valence-corrected chi connectivity index (χ1v) is 9.80. The third-order valence-electron chi connectivity index (χ3n) is 6.60. The second kappa shape index (κ2) is 6.30. The van der Waals surface area contributed by atoms with Gasteiger partial charge in [-0.05, 0) is 73.9 Å². The van der Waals surface area contributed by atoms with E-state index in [1.807, 2.05) is 19.1 Å². The van der Waals surface area contributed by atoms with Crippen LogP contribution in [0.25, 0.3) is 0 Å². The highest BCUT2D eigenvalue weighted by molar-refractivity contribution is 6.22. The van der Waals surface area contributed by atoms with Crippen LogP contribution in [0.15, 0.2) is 48.5 Å². The maximum Gasteiger partial charge on any atom is 0.343 e. The van der Waals surface area contributed by atoms with Gasteiger partial charge in [0.2, 0.25) is 11.8 Å². The van der Waals surface area contributed by atoms with Gasteiger partial charge in [-0.1, -0.05) is 18.2 Å². The summed E-state index contributed by atoms with van der Waals surface area (Å²) in [7, 11) is 0. The van der Waals surface area contributed by atoms with Crippen molar-refractivity contribution < 1.29 is 19.1 Å². The molecule has 0 unspecified atom stereocenters. The number of hydrogen-bond donors (Lipinski definition) is 0. The van der Waals surface area contributed by atoms with Crippen LogP contribution in [0.5, 0.6) is 5.75 Å². The summed E-state index contributed by atoms with van der Waals surface area (Å²) >= 11 is 0. The van der Waals surface area contributed by atoms with E-state index in [4.69, 9.17) is 4.74 Å². The molecule has 4 atom stereocenters. The lowest BCUT2D eigenvalue weighted by Gasteiger charge is -2.19. The molecule has 28 heavy (non-hydrogen) atoms. The van der Waals surface area contributed by atoms with Gasteiger partial charge in [0.25, 0.3) is 0 Å². The number of amides is 2. The van der Waals surface area contributed by atoms with E-state index in [0.717, 1.165) is 24.8 Å². The lowest BCUT2D eigenvalue weighted by atomic mass is 9.81. The second-order valence-corrected chi connectivity index (χ2v) is 8.10. The maximum atomic E-state index is 12.9. The fraction of sp³-hybridized carbons (Fsp3) is 0.348. The summed E-state index contributed by atoms with van der Waals surface area (Å²) in [6, 6.07) is 13.9. The minimum Gasteiger partial charge on any atom is -0.423 e. The van der Waals surface area contributed by atoms with E-state index in [9.17, 15) is 14.4 Å². The van der Waals surface area contributed by atoms with Crippen LogP contribution < -0.4 is 9.64 Å². The SMILES string of the molecule is Cc1ccccc1C(=O)Oc1ccc(N2C(=O)[C@@H]3[C@H]4CC[C@@H](C4)[C@H]3C2=O)cc1. The Bertz CT molecular complexity index is 952. The van der Waals surface area contributed by atoms with Crippen LogP contribution in [0.3, 0.4) is 0 Å². The van der Waals surface area contributed by atoms with Crippen LogP contribution in [0, 0.1) is 30.6 Å². The Labute approximate surface area is 163 Å². The first-order valence-electron chi connectivity index (χ1n) is 9.80. The number of imide groups is 1. The molecule has 3 aliphatic rings. The summed E-state index contributed by atoms with van der Waals surface area (Å²) in [5, 5.41) is 0. The molecule has 0 aromatic heterocycles. The Morgan fingerprint density at radius 2 is 1.54 bits per heavy atom. The summed E-state index contributed by atoms with van der Waals surface area (Å²) in [5.74, 6) is 0.298. The van der Waals surface area contributed by atoms with Crippen molar-refractivity contribution in [2.75, 3.05) is 4.90 Å². The Balaban J connectivity index is 1.35. The van der Waals surface area contributed by atoms with Crippen LogP contribution in [0.4, 0.5) is 5.69 Å². The fourth-order valence-electron chi connectivity index (χ4n) is 5.29. The van der Waals surface area contributed by atoms with Crippen molar-refractivity contribution >= 4 is 23.5 Å². The van der Waals surface area contributed by atoms with Crippen LogP contribution in [0.1, 0.15) is 35.2 Å². The normalized spacial score (nSPS) is 28.0. The molecule has 2 saturated carbocycles. The predicted molar refractivity (Wildman–Crippen MR) is 103 cm³/mol. The number of nitrogens with zero attached hydrogens (tertiary/aromatic N) is 1. The predicted octanol–water partition coefficient (Wildman–Crippen LogP) is 3.75. The van der Waals surface area contributed by atoms with Crippen molar-refractivity contribution in [3.63, 3.8) is 0 Å². The van der Waals surface area contributed by atoms with E-state index >= 15 is 0 Å². The van der Waals surface area contributed by atoms with Gasteiger partial charge >= 0.3 is 5.97 Å². The maximum absolute atomic E-state index is 12.9. The summed E-state index contributed by atoms with van der Waals surface area (Å²) in [4.78, 5) is 39.5. The topological polar surface area (TPSA) is 63.7 Å². The Hall–Kier alpha value is -2.95. The van der Waals surface area contributed by atoms with Gasteiger partial charge in [-0.3, -0.25) is 14.5 Å². The smallest absolute Gasteiger partial charge is 0.343 e. The zero-order chi connectivity index (χ0) is 19.4. The third-order valence-corrected chi connectivity index (χ3v) is 6.60. The molecule has 5 nitrogen and oxygen atoms in total. The van der Waals surface area contributed by atoms with Crippen molar-refractivity contribution in [3.05, 3.63) is 59.7 Å². The van der Waals surface area contributed by atoms with Gasteiger partial charge in [0.1, 0.15) is 5.75 Å². The van der Waals surface area contributed by atoms with Gasteiger partial charge in [0, 0.05) is 0 Å². The van der Waals surface area contributed by atoms with Gasteiger partial charge in [-0.2, -0.15) is 0 Å². The van der Waals surface area contributed by atoms with E-state index in [1.165, 1.54) is 4.90 Å². The molecule has 2 aliphatic carbocycles. The summed E-state index contributed by atoms with van der Waals surface area (Å²) in [5.41, 5.74) is 1.91. The minimum atomic E-state index is -0.426. The van der Waals surface area contributed by atoms with Crippen molar-refractivity contribution in [2.45, 2.75) is 26.2 Å². The molecule has 0 spiro atoms. The number of esters is 1. The van der Waals surface area contributed by atoms with Crippen molar-refractivity contribution in [2.24, 2.45) is 23.7 Å². The number of aryl methyl sites for hydroxylation is 1.